The predicted molar refractivity (Wildman–Crippen MR) is 49.2 cm³/mol. The summed E-state index contributed by atoms with van der Waals surface area (Å²) in [6.45, 7) is 0.0157. The fraction of sp³-hybridized carbons (Fsp3) is 0.111. The van der Waals surface area contributed by atoms with E-state index in [-0.39, 0.29) is 23.8 Å². The average molecular weight is 227 g/mol. The van der Waals surface area contributed by atoms with Crippen molar-refractivity contribution in [2.24, 2.45) is 5.73 Å². The van der Waals surface area contributed by atoms with Gasteiger partial charge in [-0.05, 0) is 12.1 Å². The zero-order chi connectivity index (χ0) is 11.7. The molecule has 2 aromatic rings. The number of nitrogens with two attached hydrogens (primary N) is 1. The molecule has 0 radical (unpaired) electrons. The summed E-state index contributed by atoms with van der Waals surface area (Å²) in [5.74, 6) is -3.23. The Balaban J connectivity index is 2.52. The molecule has 0 aliphatic carbocycles. The molecule has 0 aliphatic rings. The zero-order valence-corrected chi connectivity index (χ0v) is 7.94. The summed E-state index contributed by atoms with van der Waals surface area (Å²) >= 11 is 0. The summed E-state index contributed by atoms with van der Waals surface area (Å²) in [6, 6.07) is 2.02. The summed E-state index contributed by atoms with van der Waals surface area (Å²) in [5, 5.41) is 12.5. The van der Waals surface area contributed by atoms with E-state index in [0.717, 1.165) is 12.1 Å². The van der Waals surface area contributed by atoms with Crippen molar-refractivity contribution in [1.29, 1.82) is 0 Å². The van der Waals surface area contributed by atoms with Crippen LogP contribution in [-0.2, 0) is 6.54 Å². The number of halogens is 2. The molecule has 0 bridgehead atoms. The molecule has 0 amide bonds. The lowest BCUT2D eigenvalue weighted by molar-refractivity contribution is 0.379. The summed E-state index contributed by atoms with van der Waals surface area (Å²) < 4.78 is 30.9. The fourth-order valence-electron chi connectivity index (χ4n) is 1.16. The van der Waals surface area contributed by atoms with Crippen molar-refractivity contribution in [1.82, 2.24) is 10.1 Å². The van der Waals surface area contributed by atoms with Crippen molar-refractivity contribution >= 4 is 0 Å². The number of phenolic OH excluding ortho intramolecular Hbond substituents is 1. The highest BCUT2D eigenvalue weighted by molar-refractivity contribution is 5.58. The summed E-state index contributed by atoms with van der Waals surface area (Å²) in [5.41, 5.74) is 5.08. The SMILES string of the molecule is NCc1nc(-c2ccc(F)c(O)c2F)no1. The van der Waals surface area contributed by atoms with E-state index < -0.39 is 17.4 Å². The minimum absolute atomic E-state index is 0.0157. The lowest BCUT2D eigenvalue weighted by Gasteiger charge is -2.00. The number of benzene rings is 1. The van der Waals surface area contributed by atoms with Crippen molar-refractivity contribution in [2.75, 3.05) is 0 Å². The van der Waals surface area contributed by atoms with Gasteiger partial charge in [-0.1, -0.05) is 5.16 Å². The third kappa shape index (κ3) is 1.61. The van der Waals surface area contributed by atoms with Crippen LogP contribution in [0.25, 0.3) is 11.4 Å². The second-order valence-electron chi connectivity index (χ2n) is 2.97. The van der Waals surface area contributed by atoms with E-state index in [0.29, 0.717) is 0 Å². The van der Waals surface area contributed by atoms with Gasteiger partial charge in [0.15, 0.2) is 17.4 Å². The zero-order valence-electron chi connectivity index (χ0n) is 7.94. The van der Waals surface area contributed by atoms with Crippen molar-refractivity contribution in [2.45, 2.75) is 6.54 Å². The van der Waals surface area contributed by atoms with E-state index >= 15 is 0 Å². The highest BCUT2D eigenvalue weighted by Crippen LogP contribution is 2.28. The summed E-state index contributed by atoms with van der Waals surface area (Å²) in [4.78, 5) is 3.75. The van der Waals surface area contributed by atoms with E-state index in [2.05, 4.69) is 14.7 Å². The van der Waals surface area contributed by atoms with Crippen LogP contribution in [0.5, 0.6) is 5.75 Å². The predicted octanol–water partition coefficient (Wildman–Crippen LogP) is 1.18. The molecule has 16 heavy (non-hydrogen) atoms. The molecular weight excluding hydrogens is 220 g/mol. The molecular formula is C9H7F2N3O2. The first-order chi connectivity index (χ1) is 7.63. The molecule has 0 fully saturated rings. The standard InChI is InChI=1S/C9H7F2N3O2/c10-5-2-1-4(7(11)8(5)15)9-13-6(3-12)16-14-9/h1-2,15H,3,12H2. The summed E-state index contributed by atoms with van der Waals surface area (Å²) in [7, 11) is 0. The van der Waals surface area contributed by atoms with Crippen molar-refractivity contribution in [3.8, 4) is 17.1 Å². The maximum atomic E-state index is 13.4. The molecule has 0 saturated carbocycles. The topological polar surface area (TPSA) is 85.2 Å². The number of phenols is 1. The number of hydrogen-bond donors (Lipinski definition) is 2. The Morgan fingerprint density at radius 3 is 2.75 bits per heavy atom. The maximum absolute atomic E-state index is 13.4. The molecule has 0 saturated heterocycles. The Hall–Kier alpha value is -2.02. The van der Waals surface area contributed by atoms with Gasteiger partial charge >= 0.3 is 0 Å². The number of aromatic hydroxyl groups is 1. The second-order valence-corrected chi connectivity index (χ2v) is 2.97. The van der Waals surface area contributed by atoms with Gasteiger partial charge in [0.2, 0.25) is 11.7 Å². The Kier molecular flexibility index (Phi) is 2.53. The van der Waals surface area contributed by atoms with Crippen LogP contribution in [0.3, 0.4) is 0 Å². The van der Waals surface area contributed by atoms with Gasteiger partial charge in [-0.3, -0.25) is 0 Å². The highest BCUT2D eigenvalue weighted by Gasteiger charge is 2.17. The average Bonchev–Trinajstić information content (AvgIpc) is 2.74. The molecule has 0 atom stereocenters. The van der Waals surface area contributed by atoms with Crippen molar-refractivity contribution in [3.05, 3.63) is 29.7 Å². The van der Waals surface area contributed by atoms with Gasteiger partial charge in [-0.15, -0.1) is 0 Å². The molecule has 0 unspecified atom stereocenters. The smallest absolute Gasteiger partial charge is 0.240 e. The molecule has 2 rings (SSSR count). The van der Waals surface area contributed by atoms with Crippen LogP contribution < -0.4 is 5.73 Å². The third-order valence-corrected chi connectivity index (χ3v) is 1.95. The van der Waals surface area contributed by atoms with Gasteiger partial charge in [-0.2, -0.15) is 4.98 Å². The van der Waals surface area contributed by atoms with Gasteiger partial charge in [0.05, 0.1) is 12.1 Å². The van der Waals surface area contributed by atoms with Gasteiger partial charge in [-0.25, -0.2) is 8.78 Å². The number of hydrogen-bond acceptors (Lipinski definition) is 5. The van der Waals surface area contributed by atoms with Crippen LogP contribution in [0.4, 0.5) is 8.78 Å². The van der Waals surface area contributed by atoms with Crippen LogP contribution in [0.15, 0.2) is 16.7 Å². The van der Waals surface area contributed by atoms with E-state index in [1.54, 1.807) is 0 Å². The molecule has 3 N–H and O–H groups in total. The molecule has 1 aromatic carbocycles. The minimum Gasteiger partial charge on any atom is -0.503 e. The third-order valence-electron chi connectivity index (χ3n) is 1.95. The van der Waals surface area contributed by atoms with Crippen LogP contribution in [0.1, 0.15) is 5.89 Å². The largest absolute Gasteiger partial charge is 0.503 e. The highest BCUT2D eigenvalue weighted by atomic mass is 19.1. The second kappa shape index (κ2) is 3.86. The van der Waals surface area contributed by atoms with E-state index in [4.69, 9.17) is 10.8 Å². The minimum atomic E-state index is -1.13. The Bertz CT molecular complexity index is 527. The van der Waals surface area contributed by atoms with Gasteiger partial charge in [0.25, 0.3) is 0 Å². The first-order valence-electron chi connectivity index (χ1n) is 4.33. The molecule has 84 valence electrons. The van der Waals surface area contributed by atoms with Crippen LogP contribution in [-0.4, -0.2) is 15.2 Å². The lowest BCUT2D eigenvalue weighted by Crippen LogP contribution is -1.96. The van der Waals surface area contributed by atoms with Crippen LogP contribution in [0.2, 0.25) is 0 Å². The molecule has 1 heterocycles. The molecule has 7 heteroatoms. The van der Waals surface area contributed by atoms with Crippen LogP contribution >= 0.6 is 0 Å². The Morgan fingerprint density at radius 2 is 2.12 bits per heavy atom. The van der Waals surface area contributed by atoms with Crippen LogP contribution in [0, 0.1) is 11.6 Å². The first-order valence-corrected chi connectivity index (χ1v) is 4.33. The van der Waals surface area contributed by atoms with Gasteiger partial charge in [0.1, 0.15) is 0 Å². The number of nitrogens with zero attached hydrogens (tertiary/aromatic N) is 2. The maximum Gasteiger partial charge on any atom is 0.240 e. The van der Waals surface area contributed by atoms with E-state index in [1.807, 2.05) is 0 Å². The molecule has 0 aliphatic heterocycles. The molecule has 0 spiro atoms. The summed E-state index contributed by atoms with van der Waals surface area (Å²) in [6.07, 6.45) is 0. The van der Waals surface area contributed by atoms with Crippen molar-refractivity contribution < 1.29 is 18.4 Å². The Morgan fingerprint density at radius 1 is 1.38 bits per heavy atom. The normalized spacial score (nSPS) is 10.7. The van der Waals surface area contributed by atoms with E-state index in [1.165, 1.54) is 0 Å². The first kappa shape index (κ1) is 10.5. The fourth-order valence-corrected chi connectivity index (χ4v) is 1.16. The lowest BCUT2D eigenvalue weighted by atomic mass is 10.2. The quantitative estimate of drug-likeness (QED) is 0.804. The van der Waals surface area contributed by atoms with E-state index in [9.17, 15) is 8.78 Å². The number of rotatable bonds is 2. The Labute approximate surface area is 88.5 Å². The number of aromatic nitrogens is 2. The molecule has 1 aromatic heterocycles. The van der Waals surface area contributed by atoms with Gasteiger partial charge in [0, 0.05) is 0 Å². The van der Waals surface area contributed by atoms with Crippen molar-refractivity contribution in [3.63, 3.8) is 0 Å². The monoisotopic (exact) mass is 227 g/mol. The molecule has 5 nitrogen and oxygen atoms in total. The van der Waals surface area contributed by atoms with Gasteiger partial charge < -0.3 is 15.4 Å².